The highest BCUT2D eigenvalue weighted by Gasteiger charge is 1.95. The van der Waals surface area contributed by atoms with E-state index < -0.39 is 0 Å². The molecule has 0 saturated heterocycles. The average molecular weight is 315 g/mol. The minimum atomic E-state index is 0.319. The summed E-state index contributed by atoms with van der Waals surface area (Å²) in [4.78, 5) is 0. The van der Waals surface area contributed by atoms with Gasteiger partial charge in [-0.15, -0.1) is 0 Å². The van der Waals surface area contributed by atoms with Gasteiger partial charge in [-0.2, -0.15) is 0 Å². The van der Waals surface area contributed by atoms with Gasteiger partial charge < -0.3 is 9.47 Å². The Morgan fingerprint density at radius 2 is 1.00 bits per heavy atom. The molecule has 0 aliphatic rings. The molecule has 0 N–H and O–H groups in total. The Kier molecular flexibility index (Phi) is 18.9. The van der Waals surface area contributed by atoms with Gasteiger partial charge in [-0.1, -0.05) is 84.0 Å². The second kappa shape index (κ2) is 19.0. The Bertz CT molecular complexity index is 192. The highest BCUT2D eigenvalue weighted by atomic mass is 16.5. The van der Waals surface area contributed by atoms with E-state index in [-0.39, 0.29) is 0 Å². The Balaban J connectivity index is 2.94. The molecule has 0 aromatic carbocycles. The van der Waals surface area contributed by atoms with Crippen LogP contribution in [0.25, 0.3) is 0 Å². The number of hydrogen-bond acceptors (Lipinski definition) is 2. The highest BCUT2D eigenvalue weighted by Crippen LogP contribution is 2.12. The van der Waals surface area contributed by atoms with Crippen LogP contribution in [0.15, 0.2) is 0 Å². The second-order valence-corrected chi connectivity index (χ2v) is 6.77. The lowest BCUT2D eigenvalue weighted by Crippen LogP contribution is -2.10. The van der Waals surface area contributed by atoms with E-state index in [9.17, 15) is 0 Å². The smallest absolute Gasteiger partial charge is 0.0703 e. The third kappa shape index (κ3) is 19.9. The highest BCUT2D eigenvalue weighted by molar-refractivity contribution is 4.49. The fourth-order valence-electron chi connectivity index (χ4n) is 2.67. The summed E-state index contributed by atoms with van der Waals surface area (Å²) in [5.74, 6) is 0. The summed E-state index contributed by atoms with van der Waals surface area (Å²) in [6.45, 7) is 8.79. The molecule has 0 rings (SSSR count). The van der Waals surface area contributed by atoms with Gasteiger partial charge in [0.1, 0.15) is 0 Å². The molecule has 0 aromatic rings. The van der Waals surface area contributed by atoms with Crippen molar-refractivity contribution in [3.8, 4) is 0 Å². The largest absolute Gasteiger partial charge is 0.379 e. The quantitative estimate of drug-likeness (QED) is 0.268. The van der Waals surface area contributed by atoms with Crippen molar-refractivity contribution < 1.29 is 9.47 Å². The summed E-state index contributed by atoms with van der Waals surface area (Å²) >= 11 is 0. The summed E-state index contributed by atoms with van der Waals surface area (Å²) in [6.07, 6.45) is 18.5. The molecule has 0 radical (unpaired) electrons. The topological polar surface area (TPSA) is 18.5 Å². The van der Waals surface area contributed by atoms with Crippen molar-refractivity contribution in [2.45, 2.75) is 110 Å². The van der Waals surface area contributed by atoms with Crippen LogP contribution in [-0.2, 0) is 9.47 Å². The SMILES string of the molecule is CCCCCCCCCCCCCCCOCCOC(C)C. The molecule has 134 valence electrons. The van der Waals surface area contributed by atoms with Gasteiger partial charge in [0.25, 0.3) is 0 Å². The lowest BCUT2D eigenvalue weighted by molar-refractivity contribution is 0.0186. The van der Waals surface area contributed by atoms with E-state index in [4.69, 9.17) is 9.47 Å². The summed E-state index contributed by atoms with van der Waals surface area (Å²) < 4.78 is 11.0. The summed E-state index contributed by atoms with van der Waals surface area (Å²) in [7, 11) is 0. The van der Waals surface area contributed by atoms with Crippen LogP contribution in [0, 0.1) is 0 Å². The maximum atomic E-state index is 5.56. The summed E-state index contributed by atoms with van der Waals surface area (Å²) in [6, 6.07) is 0. The van der Waals surface area contributed by atoms with Crippen molar-refractivity contribution in [2.24, 2.45) is 0 Å². The first-order valence-electron chi connectivity index (χ1n) is 9.96. The van der Waals surface area contributed by atoms with Crippen LogP contribution in [0.2, 0.25) is 0 Å². The molecule has 0 heterocycles. The monoisotopic (exact) mass is 314 g/mol. The normalized spacial score (nSPS) is 11.5. The van der Waals surface area contributed by atoms with E-state index in [1.165, 1.54) is 83.5 Å². The maximum absolute atomic E-state index is 5.56. The Morgan fingerprint density at radius 1 is 0.545 bits per heavy atom. The zero-order valence-electron chi connectivity index (χ0n) is 15.7. The fourth-order valence-corrected chi connectivity index (χ4v) is 2.67. The predicted molar refractivity (Wildman–Crippen MR) is 97.6 cm³/mol. The predicted octanol–water partition coefficient (Wildman–Crippen LogP) is 6.52. The van der Waals surface area contributed by atoms with E-state index in [2.05, 4.69) is 20.8 Å². The molecule has 0 spiro atoms. The number of rotatable bonds is 18. The lowest BCUT2D eigenvalue weighted by atomic mass is 10.0. The van der Waals surface area contributed by atoms with Crippen LogP contribution in [0.4, 0.5) is 0 Å². The molecule has 0 aliphatic carbocycles. The molecule has 2 nitrogen and oxygen atoms in total. The number of hydrogen-bond donors (Lipinski definition) is 0. The molecule has 0 saturated carbocycles. The fraction of sp³-hybridized carbons (Fsp3) is 1.00. The van der Waals surface area contributed by atoms with Crippen LogP contribution in [0.1, 0.15) is 104 Å². The molecule has 0 atom stereocenters. The van der Waals surface area contributed by atoms with E-state index in [1.54, 1.807) is 0 Å². The third-order valence-electron chi connectivity index (χ3n) is 4.07. The van der Waals surface area contributed by atoms with Gasteiger partial charge in [0, 0.05) is 6.61 Å². The molecule has 0 fully saturated rings. The van der Waals surface area contributed by atoms with Crippen LogP contribution in [-0.4, -0.2) is 25.9 Å². The number of ether oxygens (including phenoxy) is 2. The van der Waals surface area contributed by atoms with Crippen LogP contribution in [0.5, 0.6) is 0 Å². The third-order valence-corrected chi connectivity index (χ3v) is 4.07. The Hall–Kier alpha value is -0.0800. The Morgan fingerprint density at radius 3 is 1.45 bits per heavy atom. The van der Waals surface area contributed by atoms with E-state index in [0.29, 0.717) is 6.10 Å². The van der Waals surface area contributed by atoms with Gasteiger partial charge in [0.15, 0.2) is 0 Å². The van der Waals surface area contributed by atoms with Gasteiger partial charge in [0.05, 0.1) is 19.3 Å². The first-order chi connectivity index (χ1) is 10.8. The van der Waals surface area contributed by atoms with Crippen LogP contribution >= 0.6 is 0 Å². The molecular formula is C20H42O2. The van der Waals surface area contributed by atoms with Gasteiger partial charge in [-0.25, -0.2) is 0 Å². The molecule has 0 amide bonds. The first-order valence-corrected chi connectivity index (χ1v) is 9.96. The Labute approximate surface area is 140 Å². The lowest BCUT2D eigenvalue weighted by Gasteiger charge is -2.08. The molecule has 0 aliphatic heterocycles. The molecule has 0 aromatic heterocycles. The van der Waals surface area contributed by atoms with E-state index >= 15 is 0 Å². The first kappa shape index (κ1) is 21.9. The molecule has 0 unspecified atom stereocenters. The average Bonchev–Trinajstić information content (AvgIpc) is 2.50. The standard InChI is InChI=1S/C20H42O2/c1-4-5-6-7-8-9-10-11-12-13-14-15-16-17-21-18-19-22-20(2)3/h20H,4-19H2,1-3H3. The van der Waals surface area contributed by atoms with Crippen LogP contribution < -0.4 is 0 Å². The maximum Gasteiger partial charge on any atom is 0.0703 e. The van der Waals surface area contributed by atoms with Gasteiger partial charge in [-0.05, 0) is 20.3 Å². The molecule has 2 heteroatoms. The van der Waals surface area contributed by atoms with Gasteiger partial charge >= 0.3 is 0 Å². The van der Waals surface area contributed by atoms with Crippen molar-refractivity contribution in [1.29, 1.82) is 0 Å². The van der Waals surface area contributed by atoms with E-state index in [0.717, 1.165) is 19.8 Å². The minimum absolute atomic E-state index is 0.319. The molecule has 22 heavy (non-hydrogen) atoms. The molecular weight excluding hydrogens is 272 g/mol. The van der Waals surface area contributed by atoms with Crippen molar-refractivity contribution in [2.75, 3.05) is 19.8 Å². The van der Waals surface area contributed by atoms with Crippen molar-refractivity contribution in [3.63, 3.8) is 0 Å². The van der Waals surface area contributed by atoms with Crippen molar-refractivity contribution in [3.05, 3.63) is 0 Å². The number of unbranched alkanes of at least 4 members (excludes halogenated alkanes) is 12. The van der Waals surface area contributed by atoms with E-state index in [1.807, 2.05) is 0 Å². The van der Waals surface area contributed by atoms with Crippen LogP contribution in [0.3, 0.4) is 0 Å². The zero-order valence-corrected chi connectivity index (χ0v) is 15.7. The summed E-state index contributed by atoms with van der Waals surface area (Å²) in [5.41, 5.74) is 0. The minimum Gasteiger partial charge on any atom is -0.379 e. The molecule has 0 bridgehead atoms. The second-order valence-electron chi connectivity index (χ2n) is 6.77. The zero-order chi connectivity index (χ0) is 16.3. The summed E-state index contributed by atoms with van der Waals surface area (Å²) in [5, 5.41) is 0. The van der Waals surface area contributed by atoms with Crippen molar-refractivity contribution in [1.82, 2.24) is 0 Å². The van der Waals surface area contributed by atoms with Gasteiger partial charge in [0.2, 0.25) is 0 Å². The van der Waals surface area contributed by atoms with Crippen molar-refractivity contribution >= 4 is 0 Å². The van der Waals surface area contributed by atoms with Gasteiger partial charge in [-0.3, -0.25) is 0 Å².